The van der Waals surface area contributed by atoms with Crippen LogP contribution in [0.3, 0.4) is 0 Å². The molecule has 5 heteroatoms. The molecule has 0 saturated carbocycles. The number of aryl methyl sites for hydroxylation is 1. The number of hydrogen-bond donors (Lipinski definition) is 0. The molecule has 0 aliphatic carbocycles. The van der Waals surface area contributed by atoms with E-state index in [2.05, 4.69) is 9.36 Å². The highest BCUT2D eigenvalue weighted by Gasteiger charge is 2.16. The van der Waals surface area contributed by atoms with Crippen LogP contribution >= 0.6 is 11.5 Å². The summed E-state index contributed by atoms with van der Waals surface area (Å²) in [5, 5.41) is 0. The zero-order valence-corrected chi connectivity index (χ0v) is 12.0. The topological polar surface area (TPSA) is 46.1 Å². The summed E-state index contributed by atoms with van der Waals surface area (Å²) in [6.07, 6.45) is 4.39. The van der Waals surface area contributed by atoms with Crippen molar-refractivity contribution in [2.75, 3.05) is 13.1 Å². The summed E-state index contributed by atoms with van der Waals surface area (Å²) in [6, 6.07) is 5.80. The highest BCUT2D eigenvalue weighted by atomic mass is 32.1. The van der Waals surface area contributed by atoms with E-state index in [1.807, 2.05) is 36.9 Å². The molecule has 0 radical (unpaired) electrons. The van der Waals surface area contributed by atoms with E-state index in [4.69, 9.17) is 0 Å². The van der Waals surface area contributed by atoms with Crippen LogP contribution in [0.1, 0.15) is 27.9 Å². The maximum Gasteiger partial charge on any atom is 0.273 e. The number of hydrogen-bond acceptors (Lipinski definition) is 4. The molecule has 0 spiro atoms. The molecule has 0 unspecified atom stereocenters. The van der Waals surface area contributed by atoms with Crippen molar-refractivity contribution in [2.24, 2.45) is 0 Å². The molecule has 2 aromatic heterocycles. The molecular weight excluding hydrogens is 258 g/mol. The lowest BCUT2D eigenvalue weighted by Gasteiger charge is -2.19. The molecule has 0 atom stereocenters. The molecule has 0 aliphatic heterocycles. The van der Waals surface area contributed by atoms with Gasteiger partial charge in [-0.2, -0.15) is 4.37 Å². The maximum absolute atomic E-state index is 12.3. The predicted octanol–water partition coefficient (Wildman–Crippen LogP) is 2.55. The lowest BCUT2D eigenvalue weighted by molar-refractivity contribution is 0.0761. The minimum absolute atomic E-state index is 0.0147. The van der Waals surface area contributed by atoms with Gasteiger partial charge in [-0.15, -0.1) is 0 Å². The van der Waals surface area contributed by atoms with Gasteiger partial charge in [-0.25, -0.2) is 0 Å². The molecule has 1 amide bonds. The molecule has 0 fully saturated rings. The van der Waals surface area contributed by atoms with E-state index in [1.165, 1.54) is 17.1 Å². The Labute approximate surface area is 117 Å². The highest BCUT2D eigenvalue weighted by molar-refractivity contribution is 7.05. The molecular formula is C14H17N3OS. The van der Waals surface area contributed by atoms with E-state index in [0.717, 1.165) is 11.3 Å². The Kier molecular flexibility index (Phi) is 4.63. The predicted molar refractivity (Wildman–Crippen MR) is 76.4 cm³/mol. The van der Waals surface area contributed by atoms with E-state index in [0.29, 0.717) is 18.8 Å². The first-order valence-electron chi connectivity index (χ1n) is 6.32. The van der Waals surface area contributed by atoms with Gasteiger partial charge in [0.2, 0.25) is 0 Å². The first-order chi connectivity index (χ1) is 9.20. The van der Waals surface area contributed by atoms with Crippen LogP contribution in [0.25, 0.3) is 0 Å². The third-order valence-corrected chi connectivity index (χ3v) is 3.63. The van der Waals surface area contributed by atoms with Crippen LogP contribution in [-0.2, 0) is 6.42 Å². The third kappa shape index (κ3) is 3.61. The largest absolute Gasteiger partial charge is 0.337 e. The number of carbonyl (C=O) groups excluding carboxylic acids is 1. The van der Waals surface area contributed by atoms with Gasteiger partial charge in [0.15, 0.2) is 0 Å². The number of carbonyl (C=O) groups is 1. The van der Waals surface area contributed by atoms with Gasteiger partial charge in [-0.3, -0.25) is 9.78 Å². The molecule has 19 heavy (non-hydrogen) atoms. The maximum atomic E-state index is 12.3. The highest BCUT2D eigenvalue weighted by Crippen LogP contribution is 2.11. The molecule has 2 heterocycles. The minimum Gasteiger partial charge on any atom is -0.337 e. The standard InChI is InChI=1S/C14H17N3OS/c1-3-17(9-6-12-4-7-15-8-5-12)14(18)13-10-11(2)19-16-13/h4-5,7-8,10H,3,6,9H2,1-2H3. The summed E-state index contributed by atoms with van der Waals surface area (Å²) in [4.78, 5) is 19.1. The second-order valence-corrected chi connectivity index (χ2v) is 5.32. The van der Waals surface area contributed by atoms with Gasteiger partial charge >= 0.3 is 0 Å². The summed E-state index contributed by atoms with van der Waals surface area (Å²) in [6.45, 7) is 5.35. The molecule has 100 valence electrons. The van der Waals surface area contributed by atoms with Crippen LogP contribution in [0.5, 0.6) is 0 Å². The fourth-order valence-electron chi connectivity index (χ4n) is 1.85. The monoisotopic (exact) mass is 275 g/mol. The molecule has 0 N–H and O–H groups in total. The van der Waals surface area contributed by atoms with Crippen molar-refractivity contribution in [1.82, 2.24) is 14.3 Å². The molecule has 0 saturated heterocycles. The van der Waals surface area contributed by atoms with Crippen LogP contribution in [0, 0.1) is 6.92 Å². The molecule has 2 rings (SSSR count). The van der Waals surface area contributed by atoms with Crippen LogP contribution < -0.4 is 0 Å². The van der Waals surface area contributed by atoms with Crippen molar-refractivity contribution in [3.05, 3.63) is 46.7 Å². The van der Waals surface area contributed by atoms with Gasteiger partial charge in [0.1, 0.15) is 5.69 Å². The van der Waals surface area contributed by atoms with E-state index in [1.54, 1.807) is 12.4 Å². The Morgan fingerprint density at radius 3 is 2.68 bits per heavy atom. The SMILES string of the molecule is CCN(CCc1ccncc1)C(=O)c1cc(C)sn1. The van der Waals surface area contributed by atoms with E-state index < -0.39 is 0 Å². The Morgan fingerprint density at radius 2 is 2.11 bits per heavy atom. The lowest BCUT2D eigenvalue weighted by Crippen LogP contribution is -2.32. The fraction of sp³-hybridized carbons (Fsp3) is 0.357. The average Bonchev–Trinajstić information content (AvgIpc) is 2.87. The van der Waals surface area contributed by atoms with Crippen molar-refractivity contribution in [2.45, 2.75) is 20.3 Å². The summed E-state index contributed by atoms with van der Waals surface area (Å²) >= 11 is 1.37. The number of rotatable bonds is 5. The molecule has 2 aromatic rings. The van der Waals surface area contributed by atoms with Gasteiger partial charge in [0, 0.05) is 30.4 Å². The second-order valence-electron chi connectivity index (χ2n) is 4.31. The van der Waals surface area contributed by atoms with Crippen molar-refractivity contribution in [3.63, 3.8) is 0 Å². The summed E-state index contributed by atoms with van der Waals surface area (Å²) < 4.78 is 4.18. The van der Waals surface area contributed by atoms with E-state index >= 15 is 0 Å². The first kappa shape index (κ1) is 13.7. The van der Waals surface area contributed by atoms with Gasteiger partial charge < -0.3 is 4.90 Å². The normalized spacial score (nSPS) is 10.4. The van der Waals surface area contributed by atoms with Gasteiger partial charge in [0.05, 0.1) is 0 Å². The lowest BCUT2D eigenvalue weighted by atomic mass is 10.2. The van der Waals surface area contributed by atoms with Crippen molar-refractivity contribution in [1.29, 1.82) is 0 Å². The van der Waals surface area contributed by atoms with Crippen LogP contribution in [0.4, 0.5) is 0 Å². The average molecular weight is 275 g/mol. The third-order valence-electron chi connectivity index (χ3n) is 2.94. The van der Waals surface area contributed by atoms with E-state index in [9.17, 15) is 4.79 Å². The van der Waals surface area contributed by atoms with E-state index in [-0.39, 0.29) is 5.91 Å². The summed E-state index contributed by atoms with van der Waals surface area (Å²) in [5.74, 6) is 0.0147. The van der Waals surface area contributed by atoms with Crippen LogP contribution in [0.2, 0.25) is 0 Å². The van der Waals surface area contributed by atoms with Crippen molar-refractivity contribution in [3.8, 4) is 0 Å². The number of nitrogens with zero attached hydrogens (tertiary/aromatic N) is 3. The number of amides is 1. The number of likely N-dealkylation sites (N-methyl/N-ethyl adjacent to an activating group) is 1. The summed E-state index contributed by atoms with van der Waals surface area (Å²) in [5.41, 5.74) is 1.75. The van der Waals surface area contributed by atoms with Gasteiger partial charge in [0.25, 0.3) is 5.91 Å². The summed E-state index contributed by atoms with van der Waals surface area (Å²) in [7, 11) is 0. The Bertz CT molecular complexity index is 539. The van der Waals surface area contributed by atoms with Crippen LogP contribution in [-0.4, -0.2) is 33.3 Å². The van der Waals surface area contributed by atoms with Gasteiger partial charge in [-0.05, 0) is 55.6 Å². The smallest absolute Gasteiger partial charge is 0.273 e. The van der Waals surface area contributed by atoms with Crippen molar-refractivity contribution >= 4 is 17.4 Å². The zero-order valence-electron chi connectivity index (χ0n) is 11.2. The Balaban J connectivity index is 1.98. The zero-order chi connectivity index (χ0) is 13.7. The number of pyridine rings is 1. The fourth-order valence-corrected chi connectivity index (χ4v) is 2.38. The Hall–Kier alpha value is -1.75. The quantitative estimate of drug-likeness (QED) is 0.842. The molecule has 4 nitrogen and oxygen atoms in total. The molecule has 0 aliphatic rings. The Morgan fingerprint density at radius 1 is 1.37 bits per heavy atom. The number of aromatic nitrogens is 2. The minimum atomic E-state index is 0.0147. The van der Waals surface area contributed by atoms with Crippen molar-refractivity contribution < 1.29 is 4.79 Å². The first-order valence-corrected chi connectivity index (χ1v) is 7.09. The van der Waals surface area contributed by atoms with Gasteiger partial charge in [-0.1, -0.05) is 0 Å². The molecule has 0 bridgehead atoms. The second kappa shape index (κ2) is 6.43. The molecule has 0 aromatic carbocycles. The van der Waals surface area contributed by atoms with Crippen LogP contribution in [0.15, 0.2) is 30.6 Å².